The number of rotatable bonds is 8. The molecule has 212 valence electrons. The number of likely N-dealkylation sites (tertiary alicyclic amines) is 2. The van der Waals surface area contributed by atoms with E-state index >= 15 is 0 Å². The molecule has 40 heavy (non-hydrogen) atoms. The lowest BCUT2D eigenvalue weighted by Crippen LogP contribution is -2.60. The van der Waals surface area contributed by atoms with Crippen molar-refractivity contribution in [3.63, 3.8) is 0 Å². The van der Waals surface area contributed by atoms with Gasteiger partial charge in [0.1, 0.15) is 5.75 Å². The fourth-order valence-electron chi connectivity index (χ4n) is 6.94. The SMILES string of the molecule is C=CCc1cccc([C@H]2C3=CC[C@@H]4C(=O)N(CCCC(=O)O)C(=O)[C@@H]4[C@@H]3C[C@@]3(Cl)C(=O)N(CBr)C(=O)[C@@]23Cl)c1O. The van der Waals surface area contributed by atoms with E-state index in [1.165, 1.54) is 0 Å². The Kier molecular flexibility index (Phi) is 7.42. The highest BCUT2D eigenvalue weighted by Crippen LogP contribution is 2.66. The van der Waals surface area contributed by atoms with Crippen LogP contribution in [-0.4, -0.2) is 71.4 Å². The molecule has 5 rings (SSSR count). The van der Waals surface area contributed by atoms with Gasteiger partial charge in [0, 0.05) is 24.4 Å². The average molecular weight is 654 g/mol. The lowest BCUT2D eigenvalue weighted by molar-refractivity contribution is -0.142. The number of carbonyl (C=O) groups is 5. The second kappa shape index (κ2) is 10.3. The van der Waals surface area contributed by atoms with Gasteiger partial charge >= 0.3 is 5.97 Å². The Morgan fingerprint density at radius 1 is 1.12 bits per heavy atom. The zero-order chi connectivity index (χ0) is 29.1. The molecule has 0 spiro atoms. The summed E-state index contributed by atoms with van der Waals surface area (Å²) in [5.41, 5.74) is 1.26. The first-order valence-electron chi connectivity index (χ1n) is 12.9. The van der Waals surface area contributed by atoms with Crippen molar-refractivity contribution in [1.82, 2.24) is 9.80 Å². The van der Waals surface area contributed by atoms with Crippen LogP contribution in [-0.2, 0) is 30.4 Å². The molecule has 0 aromatic heterocycles. The number of carboxylic acid groups (broad SMARTS) is 1. The summed E-state index contributed by atoms with van der Waals surface area (Å²) in [4.78, 5) is 63.5. The Bertz CT molecular complexity index is 1380. The van der Waals surface area contributed by atoms with Gasteiger partial charge in [-0.05, 0) is 37.2 Å². The number of para-hydroxylation sites is 1. The maximum Gasteiger partial charge on any atom is 0.303 e. The molecular weight excluding hydrogens is 627 g/mol. The number of alkyl halides is 3. The fraction of sp³-hybridized carbons (Fsp3) is 0.464. The van der Waals surface area contributed by atoms with Gasteiger partial charge in [-0.15, -0.1) is 29.8 Å². The van der Waals surface area contributed by atoms with Crippen LogP contribution in [0, 0.1) is 17.8 Å². The summed E-state index contributed by atoms with van der Waals surface area (Å²) in [5, 5.41) is 20.4. The monoisotopic (exact) mass is 652 g/mol. The predicted molar refractivity (Wildman–Crippen MR) is 149 cm³/mol. The van der Waals surface area contributed by atoms with Crippen LogP contribution in [0.4, 0.5) is 0 Å². The Hall–Kier alpha value is -2.69. The number of nitrogens with zero attached hydrogens (tertiary/aromatic N) is 2. The van der Waals surface area contributed by atoms with Crippen molar-refractivity contribution in [2.24, 2.45) is 17.8 Å². The van der Waals surface area contributed by atoms with Crippen LogP contribution in [0.25, 0.3) is 0 Å². The van der Waals surface area contributed by atoms with E-state index < -0.39 is 63.0 Å². The van der Waals surface area contributed by atoms with Gasteiger partial charge < -0.3 is 10.2 Å². The van der Waals surface area contributed by atoms with Crippen molar-refractivity contribution < 1.29 is 34.2 Å². The van der Waals surface area contributed by atoms with Crippen LogP contribution in [0.5, 0.6) is 5.75 Å². The zero-order valence-electron chi connectivity index (χ0n) is 21.3. The zero-order valence-corrected chi connectivity index (χ0v) is 24.4. The van der Waals surface area contributed by atoms with Gasteiger partial charge in [-0.3, -0.25) is 33.8 Å². The first-order chi connectivity index (χ1) is 18.9. The Morgan fingerprint density at radius 2 is 1.85 bits per heavy atom. The third-order valence-corrected chi connectivity index (χ3v) is 10.6. The smallest absolute Gasteiger partial charge is 0.303 e. The summed E-state index contributed by atoms with van der Waals surface area (Å²) in [5.74, 6) is -6.80. The Balaban J connectivity index is 1.65. The highest BCUT2D eigenvalue weighted by molar-refractivity contribution is 9.09. The van der Waals surface area contributed by atoms with Crippen molar-refractivity contribution in [3.05, 3.63) is 53.6 Å². The van der Waals surface area contributed by atoms with E-state index in [0.29, 0.717) is 23.1 Å². The minimum Gasteiger partial charge on any atom is -0.507 e. The molecule has 0 radical (unpaired) electrons. The van der Waals surface area contributed by atoms with Crippen LogP contribution < -0.4 is 0 Å². The highest BCUT2D eigenvalue weighted by atomic mass is 79.9. The number of amides is 4. The summed E-state index contributed by atoms with van der Waals surface area (Å²) in [7, 11) is 0. The molecule has 12 heteroatoms. The van der Waals surface area contributed by atoms with Gasteiger partial charge in [-0.2, -0.15) is 0 Å². The molecule has 1 aromatic rings. The third kappa shape index (κ3) is 3.89. The molecule has 6 atom stereocenters. The molecule has 2 aliphatic heterocycles. The number of hydrogen-bond donors (Lipinski definition) is 2. The molecule has 0 unspecified atom stereocenters. The normalized spacial score (nSPS) is 33.0. The number of halogens is 3. The van der Waals surface area contributed by atoms with Gasteiger partial charge in [0.25, 0.3) is 11.8 Å². The fourth-order valence-corrected chi connectivity index (χ4v) is 8.35. The maximum atomic E-state index is 13.8. The molecule has 2 saturated heterocycles. The molecule has 1 aromatic carbocycles. The standard InChI is InChI=1S/C28H27BrCl2N2O7/c1-2-5-14-6-3-7-17(22(14)36)21-15-9-10-16-20(24(38)32(23(16)37)11-4-8-19(34)35)18(15)12-27(30)25(39)33(13-29)26(40)28(21,27)31/h2-3,6-7,9,16,18,20-21,36H,1,4-5,8,10-13H2,(H,34,35)/t16-,18+,20-,21+,27+,28-/m0/s1. The third-order valence-electron chi connectivity index (χ3n) is 8.70. The molecule has 9 nitrogen and oxygen atoms in total. The Labute approximate surface area is 248 Å². The molecule has 2 heterocycles. The van der Waals surface area contributed by atoms with Crippen molar-refractivity contribution >= 4 is 68.7 Å². The summed E-state index contributed by atoms with van der Waals surface area (Å²) >= 11 is 17.5. The molecule has 4 amide bonds. The summed E-state index contributed by atoms with van der Waals surface area (Å²) in [6.45, 7) is 3.69. The van der Waals surface area contributed by atoms with E-state index in [2.05, 4.69) is 22.5 Å². The van der Waals surface area contributed by atoms with Crippen LogP contribution in [0.15, 0.2) is 42.5 Å². The van der Waals surface area contributed by atoms with Crippen molar-refractivity contribution in [3.8, 4) is 5.75 Å². The van der Waals surface area contributed by atoms with Gasteiger partial charge in [0.05, 0.1) is 17.3 Å². The second-order valence-electron chi connectivity index (χ2n) is 10.7. The van der Waals surface area contributed by atoms with Crippen LogP contribution in [0.1, 0.15) is 42.7 Å². The lowest BCUT2D eigenvalue weighted by atomic mass is 9.56. The Morgan fingerprint density at radius 3 is 2.50 bits per heavy atom. The van der Waals surface area contributed by atoms with Gasteiger partial charge in [-0.1, -0.05) is 51.9 Å². The van der Waals surface area contributed by atoms with E-state index in [1.54, 1.807) is 30.4 Å². The van der Waals surface area contributed by atoms with E-state index in [4.69, 9.17) is 28.3 Å². The van der Waals surface area contributed by atoms with E-state index in [0.717, 1.165) is 9.80 Å². The number of phenolic OH excluding ortho intramolecular Hbond substituents is 1. The largest absolute Gasteiger partial charge is 0.507 e. The quantitative estimate of drug-likeness (QED) is 0.189. The second-order valence-corrected chi connectivity index (χ2v) is 12.4. The van der Waals surface area contributed by atoms with Crippen LogP contribution in [0.2, 0.25) is 0 Å². The number of aliphatic carboxylic acids is 1. The maximum absolute atomic E-state index is 13.8. The predicted octanol–water partition coefficient (Wildman–Crippen LogP) is 3.70. The summed E-state index contributed by atoms with van der Waals surface area (Å²) < 4.78 is 0. The molecule has 0 bridgehead atoms. The number of aromatic hydroxyl groups is 1. The van der Waals surface area contributed by atoms with Crippen LogP contribution >= 0.6 is 39.1 Å². The number of carboxylic acids is 1. The van der Waals surface area contributed by atoms with E-state index in [9.17, 15) is 29.1 Å². The van der Waals surface area contributed by atoms with Crippen LogP contribution in [0.3, 0.4) is 0 Å². The number of allylic oxidation sites excluding steroid dienone is 3. The summed E-state index contributed by atoms with van der Waals surface area (Å²) in [6, 6.07) is 5.04. The van der Waals surface area contributed by atoms with Gasteiger partial charge in [0.15, 0.2) is 9.75 Å². The van der Waals surface area contributed by atoms with Crippen molar-refractivity contribution in [2.75, 3.05) is 12.0 Å². The first-order valence-corrected chi connectivity index (χ1v) is 14.8. The molecule has 3 fully saturated rings. The average Bonchev–Trinajstić information content (AvgIpc) is 3.23. The minimum absolute atomic E-state index is 0.0346. The molecule has 2 N–H and O–H groups in total. The van der Waals surface area contributed by atoms with E-state index in [-0.39, 0.29) is 43.4 Å². The van der Waals surface area contributed by atoms with Crippen molar-refractivity contribution in [1.29, 1.82) is 0 Å². The number of hydrogen-bond acceptors (Lipinski definition) is 6. The molecular formula is C28H27BrCl2N2O7. The van der Waals surface area contributed by atoms with Crippen molar-refractivity contribution in [2.45, 2.75) is 47.8 Å². The number of imide groups is 2. The minimum atomic E-state index is -2.01. The highest BCUT2D eigenvalue weighted by Gasteiger charge is 2.76. The number of carbonyl (C=O) groups excluding carboxylic acids is 4. The van der Waals surface area contributed by atoms with Gasteiger partial charge in [0.2, 0.25) is 11.8 Å². The molecule has 1 saturated carbocycles. The summed E-state index contributed by atoms with van der Waals surface area (Å²) in [6.07, 6.45) is 3.68. The van der Waals surface area contributed by atoms with E-state index in [1.807, 2.05) is 0 Å². The van der Waals surface area contributed by atoms with Gasteiger partial charge in [-0.25, -0.2) is 0 Å². The number of benzene rings is 1. The number of phenols is 1. The number of fused-ring (bicyclic) bond motifs is 4. The first kappa shape index (κ1) is 28.8. The molecule has 2 aliphatic carbocycles. The lowest BCUT2D eigenvalue weighted by Gasteiger charge is -2.50. The molecule has 4 aliphatic rings. The topological polar surface area (TPSA) is 132 Å².